The number of rotatable bonds is 5. The van der Waals surface area contributed by atoms with Gasteiger partial charge in [0.2, 0.25) is 5.91 Å². The maximum absolute atomic E-state index is 12.6. The molecule has 0 aliphatic carbocycles. The first-order valence-corrected chi connectivity index (χ1v) is 9.89. The average Bonchev–Trinajstić information content (AvgIpc) is 2.76. The second-order valence-electron chi connectivity index (χ2n) is 7.12. The Balaban J connectivity index is 1.31. The number of morpholine rings is 1. The van der Waals surface area contributed by atoms with Crippen molar-refractivity contribution in [1.29, 1.82) is 0 Å². The van der Waals surface area contributed by atoms with E-state index in [9.17, 15) is 4.79 Å². The molecule has 2 aliphatic rings. The maximum Gasteiger partial charge on any atom is 0.238 e. The smallest absolute Gasteiger partial charge is 0.238 e. The SMILES string of the molecule is O=C(CN1CCN(c2ccccn2)CC1)Nc1ccccc1N1CCOCC1. The molecular weight excluding hydrogens is 354 g/mol. The second-order valence-corrected chi connectivity index (χ2v) is 7.12. The third-order valence-electron chi connectivity index (χ3n) is 5.24. The number of piperazine rings is 1. The Hall–Kier alpha value is -2.64. The van der Waals surface area contributed by atoms with Gasteiger partial charge in [0.1, 0.15) is 5.82 Å². The molecule has 0 radical (unpaired) electrons. The first kappa shape index (κ1) is 18.7. The van der Waals surface area contributed by atoms with Gasteiger partial charge in [-0.3, -0.25) is 9.69 Å². The number of carbonyl (C=O) groups is 1. The van der Waals surface area contributed by atoms with E-state index in [-0.39, 0.29) is 5.91 Å². The molecule has 148 valence electrons. The minimum absolute atomic E-state index is 0.0343. The van der Waals surface area contributed by atoms with E-state index in [0.717, 1.165) is 69.7 Å². The van der Waals surface area contributed by atoms with Crippen molar-refractivity contribution in [3.63, 3.8) is 0 Å². The molecule has 2 aliphatic heterocycles. The summed E-state index contributed by atoms with van der Waals surface area (Å²) >= 11 is 0. The Kier molecular flexibility index (Phi) is 6.04. The number of hydrogen-bond donors (Lipinski definition) is 1. The van der Waals surface area contributed by atoms with E-state index in [1.807, 2.05) is 42.6 Å². The van der Waals surface area contributed by atoms with Crippen LogP contribution in [0.25, 0.3) is 0 Å². The van der Waals surface area contributed by atoms with Gasteiger partial charge >= 0.3 is 0 Å². The highest BCUT2D eigenvalue weighted by molar-refractivity contribution is 5.95. The van der Waals surface area contributed by atoms with Gasteiger partial charge in [0.15, 0.2) is 0 Å². The van der Waals surface area contributed by atoms with Crippen molar-refractivity contribution in [3.05, 3.63) is 48.7 Å². The summed E-state index contributed by atoms with van der Waals surface area (Å²) in [6.45, 7) is 7.04. The summed E-state index contributed by atoms with van der Waals surface area (Å²) in [5.41, 5.74) is 1.95. The molecule has 1 amide bonds. The van der Waals surface area contributed by atoms with E-state index >= 15 is 0 Å². The molecule has 28 heavy (non-hydrogen) atoms. The molecule has 2 saturated heterocycles. The lowest BCUT2D eigenvalue weighted by Crippen LogP contribution is -2.49. The Morgan fingerprint density at radius 1 is 0.929 bits per heavy atom. The van der Waals surface area contributed by atoms with Crippen molar-refractivity contribution in [2.75, 3.05) is 74.1 Å². The number of aromatic nitrogens is 1. The molecule has 0 atom stereocenters. The standard InChI is InChI=1S/C21H27N5O2/c27-21(17-24-9-11-26(12-10-24)20-7-3-4-8-22-20)23-18-5-1-2-6-19(18)25-13-15-28-16-14-25/h1-8H,9-17H2,(H,23,27). The maximum atomic E-state index is 12.6. The number of pyridine rings is 1. The predicted octanol–water partition coefficient (Wildman–Crippen LogP) is 1.68. The third kappa shape index (κ3) is 4.61. The summed E-state index contributed by atoms with van der Waals surface area (Å²) in [4.78, 5) is 23.8. The summed E-state index contributed by atoms with van der Waals surface area (Å²) in [7, 11) is 0. The van der Waals surface area contributed by atoms with Crippen molar-refractivity contribution in [3.8, 4) is 0 Å². The number of hydrogen-bond acceptors (Lipinski definition) is 6. The molecule has 7 nitrogen and oxygen atoms in total. The summed E-state index contributed by atoms with van der Waals surface area (Å²) in [6.07, 6.45) is 1.82. The Labute approximate surface area is 165 Å². The molecule has 2 fully saturated rings. The van der Waals surface area contributed by atoms with E-state index in [0.29, 0.717) is 6.54 Å². The zero-order valence-electron chi connectivity index (χ0n) is 16.1. The van der Waals surface area contributed by atoms with Gasteiger partial charge in [0.25, 0.3) is 0 Å². The molecule has 4 rings (SSSR count). The van der Waals surface area contributed by atoms with Crippen LogP contribution in [0.4, 0.5) is 17.2 Å². The minimum atomic E-state index is 0.0343. The molecule has 0 saturated carbocycles. The van der Waals surface area contributed by atoms with E-state index < -0.39 is 0 Å². The van der Waals surface area contributed by atoms with Crippen LogP contribution in [-0.4, -0.2) is 74.8 Å². The number of benzene rings is 1. The van der Waals surface area contributed by atoms with Crippen LogP contribution in [0.15, 0.2) is 48.7 Å². The van der Waals surface area contributed by atoms with E-state index in [2.05, 4.69) is 31.1 Å². The number of carbonyl (C=O) groups excluding carboxylic acids is 1. The van der Waals surface area contributed by atoms with Crippen LogP contribution < -0.4 is 15.1 Å². The minimum Gasteiger partial charge on any atom is -0.378 e. The van der Waals surface area contributed by atoms with Gasteiger partial charge in [-0.25, -0.2) is 4.98 Å². The predicted molar refractivity (Wildman–Crippen MR) is 111 cm³/mol. The lowest BCUT2D eigenvalue weighted by Gasteiger charge is -2.35. The first-order valence-electron chi connectivity index (χ1n) is 9.89. The van der Waals surface area contributed by atoms with Crippen molar-refractivity contribution < 1.29 is 9.53 Å². The quantitative estimate of drug-likeness (QED) is 0.850. The highest BCUT2D eigenvalue weighted by Crippen LogP contribution is 2.26. The van der Waals surface area contributed by atoms with Gasteiger partial charge in [-0.2, -0.15) is 0 Å². The Bertz CT molecular complexity index is 771. The molecule has 1 N–H and O–H groups in total. The zero-order chi connectivity index (χ0) is 19.2. The Morgan fingerprint density at radius 2 is 1.68 bits per heavy atom. The second kappa shape index (κ2) is 9.03. The fourth-order valence-corrected chi connectivity index (χ4v) is 3.73. The number of ether oxygens (including phenoxy) is 1. The fourth-order valence-electron chi connectivity index (χ4n) is 3.73. The number of para-hydroxylation sites is 2. The molecular formula is C21H27N5O2. The van der Waals surface area contributed by atoms with Crippen molar-refractivity contribution in [2.24, 2.45) is 0 Å². The average molecular weight is 381 g/mol. The summed E-state index contributed by atoms with van der Waals surface area (Å²) in [5, 5.41) is 3.11. The van der Waals surface area contributed by atoms with Gasteiger partial charge < -0.3 is 19.9 Å². The number of nitrogens with one attached hydrogen (secondary N) is 1. The van der Waals surface area contributed by atoms with Crippen LogP contribution in [0, 0.1) is 0 Å². The van der Waals surface area contributed by atoms with Gasteiger partial charge in [0.05, 0.1) is 31.1 Å². The fraction of sp³-hybridized carbons (Fsp3) is 0.429. The van der Waals surface area contributed by atoms with Crippen molar-refractivity contribution in [1.82, 2.24) is 9.88 Å². The van der Waals surface area contributed by atoms with Crippen LogP contribution in [0.5, 0.6) is 0 Å². The first-order chi connectivity index (χ1) is 13.8. The van der Waals surface area contributed by atoms with Crippen LogP contribution in [-0.2, 0) is 9.53 Å². The molecule has 0 unspecified atom stereocenters. The monoisotopic (exact) mass is 381 g/mol. The van der Waals surface area contributed by atoms with Crippen molar-refractivity contribution in [2.45, 2.75) is 0 Å². The van der Waals surface area contributed by atoms with Gasteiger partial charge in [0, 0.05) is 45.5 Å². The molecule has 2 aromatic rings. The van der Waals surface area contributed by atoms with E-state index in [4.69, 9.17) is 4.74 Å². The van der Waals surface area contributed by atoms with E-state index in [1.165, 1.54) is 0 Å². The zero-order valence-corrected chi connectivity index (χ0v) is 16.1. The topological polar surface area (TPSA) is 60.9 Å². The normalized spacial score (nSPS) is 18.1. The molecule has 1 aromatic carbocycles. The van der Waals surface area contributed by atoms with Crippen molar-refractivity contribution >= 4 is 23.1 Å². The van der Waals surface area contributed by atoms with E-state index in [1.54, 1.807) is 0 Å². The largest absolute Gasteiger partial charge is 0.378 e. The summed E-state index contributed by atoms with van der Waals surface area (Å²) in [5.74, 6) is 1.04. The summed E-state index contributed by atoms with van der Waals surface area (Å²) < 4.78 is 5.44. The molecule has 7 heteroatoms. The lowest BCUT2D eigenvalue weighted by molar-refractivity contribution is -0.117. The van der Waals surface area contributed by atoms with Gasteiger partial charge in [-0.15, -0.1) is 0 Å². The highest BCUT2D eigenvalue weighted by atomic mass is 16.5. The third-order valence-corrected chi connectivity index (χ3v) is 5.24. The summed E-state index contributed by atoms with van der Waals surface area (Å²) in [6, 6.07) is 14.0. The lowest BCUT2D eigenvalue weighted by atomic mass is 10.2. The van der Waals surface area contributed by atoms with Crippen LogP contribution >= 0.6 is 0 Å². The Morgan fingerprint density at radius 3 is 2.43 bits per heavy atom. The highest BCUT2D eigenvalue weighted by Gasteiger charge is 2.21. The molecule has 1 aromatic heterocycles. The van der Waals surface area contributed by atoms with Gasteiger partial charge in [-0.1, -0.05) is 18.2 Å². The number of anilines is 3. The van der Waals surface area contributed by atoms with Crippen LogP contribution in [0.1, 0.15) is 0 Å². The van der Waals surface area contributed by atoms with Gasteiger partial charge in [-0.05, 0) is 24.3 Å². The van der Waals surface area contributed by atoms with Crippen LogP contribution in [0.2, 0.25) is 0 Å². The van der Waals surface area contributed by atoms with Crippen LogP contribution in [0.3, 0.4) is 0 Å². The molecule has 3 heterocycles. The number of amides is 1. The molecule has 0 spiro atoms. The number of nitrogens with zero attached hydrogens (tertiary/aromatic N) is 4. The molecule has 0 bridgehead atoms.